The van der Waals surface area contributed by atoms with Gasteiger partial charge in [0, 0.05) is 13.1 Å². The van der Waals surface area contributed by atoms with Gasteiger partial charge in [0.05, 0.1) is 24.9 Å². The summed E-state index contributed by atoms with van der Waals surface area (Å²) < 4.78 is 11.8. The Morgan fingerprint density at radius 3 is 2.68 bits per heavy atom. The first-order chi connectivity index (χ1) is 13.5. The van der Waals surface area contributed by atoms with Gasteiger partial charge in [-0.15, -0.1) is 0 Å². The maximum atomic E-state index is 12.4. The van der Waals surface area contributed by atoms with E-state index in [0.717, 1.165) is 5.69 Å². The van der Waals surface area contributed by atoms with Crippen LogP contribution in [-0.2, 0) is 14.3 Å². The van der Waals surface area contributed by atoms with Crippen molar-refractivity contribution in [3.63, 3.8) is 0 Å². The number of para-hydroxylation sites is 1. The topological polar surface area (TPSA) is 117 Å². The van der Waals surface area contributed by atoms with Crippen molar-refractivity contribution in [3.8, 4) is 11.4 Å². The molecular formula is C19H22N4O5. The predicted molar refractivity (Wildman–Crippen MR) is 98.9 cm³/mol. The second-order valence-electron chi connectivity index (χ2n) is 6.48. The van der Waals surface area contributed by atoms with Crippen molar-refractivity contribution in [2.24, 2.45) is 11.7 Å². The van der Waals surface area contributed by atoms with Crippen molar-refractivity contribution in [1.29, 1.82) is 0 Å². The molecule has 2 heterocycles. The second kappa shape index (κ2) is 8.55. The number of esters is 1. The first kappa shape index (κ1) is 19.4. The summed E-state index contributed by atoms with van der Waals surface area (Å²) in [6.45, 7) is 0.315. The smallest absolute Gasteiger partial charge is 0.363 e. The monoisotopic (exact) mass is 386 g/mol. The van der Waals surface area contributed by atoms with E-state index in [9.17, 15) is 14.4 Å². The zero-order valence-corrected chi connectivity index (χ0v) is 15.5. The van der Waals surface area contributed by atoms with Crippen LogP contribution in [0, 0.1) is 5.92 Å². The van der Waals surface area contributed by atoms with E-state index in [1.807, 2.05) is 30.3 Å². The zero-order valence-electron chi connectivity index (χ0n) is 15.5. The van der Waals surface area contributed by atoms with Crippen LogP contribution in [0.15, 0.2) is 36.5 Å². The first-order valence-corrected chi connectivity index (χ1v) is 8.93. The molecule has 28 heavy (non-hydrogen) atoms. The summed E-state index contributed by atoms with van der Waals surface area (Å²) >= 11 is 0. The number of aromatic nitrogens is 2. The van der Waals surface area contributed by atoms with Crippen LogP contribution in [-0.4, -0.2) is 59.3 Å². The molecule has 1 atom stereocenters. The molecule has 0 aliphatic carbocycles. The molecule has 2 aromatic rings. The Balaban J connectivity index is 1.64. The fourth-order valence-corrected chi connectivity index (χ4v) is 3.08. The molecule has 148 valence electrons. The number of carbonyl (C=O) groups excluding carboxylic acids is 3. The molecule has 3 rings (SSSR count). The lowest BCUT2D eigenvalue weighted by atomic mass is 9.97. The van der Waals surface area contributed by atoms with Crippen LogP contribution >= 0.6 is 0 Å². The molecule has 9 heteroatoms. The molecule has 2 amide bonds. The summed E-state index contributed by atoms with van der Waals surface area (Å²) in [5.41, 5.74) is 6.05. The van der Waals surface area contributed by atoms with Gasteiger partial charge in [0.25, 0.3) is 5.91 Å². The van der Waals surface area contributed by atoms with Crippen LogP contribution in [0.5, 0.6) is 5.75 Å². The van der Waals surface area contributed by atoms with Crippen molar-refractivity contribution in [3.05, 3.63) is 42.2 Å². The standard InChI is InChI=1S/C19H22N4O5/c1-27-15-11-23(14-7-3-2-4-8-14)21-17(15)19(26)28-12-16(24)22-9-5-6-13(10-22)18(20)25/h2-4,7-8,11,13H,5-6,9-10,12H2,1H3,(H2,20,25)/t13-/m1/s1. The van der Waals surface area contributed by atoms with E-state index < -0.39 is 18.5 Å². The Morgan fingerprint density at radius 2 is 2.00 bits per heavy atom. The normalized spacial score (nSPS) is 16.5. The highest BCUT2D eigenvalue weighted by molar-refractivity contribution is 5.92. The lowest BCUT2D eigenvalue weighted by Gasteiger charge is -2.30. The fourth-order valence-electron chi connectivity index (χ4n) is 3.08. The minimum absolute atomic E-state index is 0.0205. The third kappa shape index (κ3) is 4.30. The summed E-state index contributed by atoms with van der Waals surface area (Å²) in [5.74, 6) is -1.68. The minimum Gasteiger partial charge on any atom is -0.493 e. The van der Waals surface area contributed by atoms with E-state index in [4.69, 9.17) is 15.2 Å². The third-order valence-corrected chi connectivity index (χ3v) is 4.62. The minimum atomic E-state index is -0.761. The van der Waals surface area contributed by atoms with Crippen molar-refractivity contribution >= 4 is 17.8 Å². The van der Waals surface area contributed by atoms with E-state index in [1.165, 1.54) is 16.7 Å². The van der Waals surface area contributed by atoms with E-state index in [2.05, 4.69) is 5.10 Å². The highest BCUT2D eigenvalue weighted by Crippen LogP contribution is 2.21. The summed E-state index contributed by atoms with van der Waals surface area (Å²) in [6.07, 6.45) is 2.91. The number of carbonyl (C=O) groups is 3. The summed E-state index contributed by atoms with van der Waals surface area (Å²) in [7, 11) is 1.42. The number of rotatable bonds is 6. The molecule has 1 saturated heterocycles. The molecule has 9 nitrogen and oxygen atoms in total. The Hall–Kier alpha value is -3.36. The third-order valence-electron chi connectivity index (χ3n) is 4.62. The quantitative estimate of drug-likeness (QED) is 0.733. The number of primary amides is 1. The molecule has 0 unspecified atom stereocenters. The maximum Gasteiger partial charge on any atom is 0.363 e. The number of piperidine rings is 1. The lowest BCUT2D eigenvalue weighted by Crippen LogP contribution is -2.45. The molecule has 1 fully saturated rings. The predicted octanol–water partition coefficient (Wildman–Crippen LogP) is 0.762. The Morgan fingerprint density at radius 1 is 1.25 bits per heavy atom. The van der Waals surface area contributed by atoms with Gasteiger partial charge in [-0.2, -0.15) is 5.10 Å². The van der Waals surface area contributed by atoms with Crippen LogP contribution in [0.4, 0.5) is 0 Å². The van der Waals surface area contributed by atoms with Gasteiger partial charge in [-0.25, -0.2) is 9.48 Å². The van der Waals surface area contributed by atoms with Crippen LogP contribution in [0.25, 0.3) is 5.69 Å². The Kier molecular flexibility index (Phi) is 5.93. The van der Waals surface area contributed by atoms with Crippen LogP contribution in [0.2, 0.25) is 0 Å². The molecule has 1 aliphatic heterocycles. The molecule has 0 bridgehead atoms. The summed E-state index contributed by atoms with van der Waals surface area (Å²) in [5, 5.41) is 4.21. The lowest BCUT2D eigenvalue weighted by molar-refractivity contribution is -0.137. The van der Waals surface area contributed by atoms with Gasteiger partial charge in [-0.3, -0.25) is 9.59 Å². The number of methoxy groups -OCH3 is 1. The number of nitrogens with two attached hydrogens (primary N) is 1. The number of amides is 2. The number of hydrogen-bond donors (Lipinski definition) is 1. The number of likely N-dealkylation sites (tertiary alicyclic amines) is 1. The van der Waals surface area contributed by atoms with Gasteiger partial charge in [0.2, 0.25) is 11.6 Å². The summed E-state index contributed by atoms with van der Waals surface area (Å²) in [6, 6.07) is 9.22. The van der Waals surface area contributed by atoms with Crippen LogP contribution in [0.1, 0.15) is 23.3 Å². The van der Waals surface area contributed by atoms with Crippen LogP contribution in [0.3, 0.4) is 0 Å². The molecule has 0 spiro atoms. The molecular weight excluding hydrogens is 364 g/mol. The SMILES string of the molecule is COc1cn(-c2ccccc2)nc1C(=O)OCC(=O)N1CCC[C@@H](C(N)=O)C1. The Bertz CT molecular complexity index is 864. The Labute approximate surface area is 162 Å². The molecule has 2 N–H and O–H groups in total. The van der Waals surface area contributed by atoms with Crippen molar-refractivity contribution in [2.45, 2.75) is 12.8 Å². The number of ether oxygens (including phenoxy) is 2. The number of nitrogens with zero attached hydrogens (tertiary/aromatic N) is 3. The van der Waals surface area contributed by atoms with Gasteiger partial charge in [0.1, 0.15) is 0 Å². The maximum absolute atomic E-state index is 12.4. The molecule has 1 aromatic carbocycles. The van der Waals surface area contributed by atoms with Crippen molar-refractivity contribution in [1.82, 2.24) is 14.7 Å². The van der Waals surface area contributed by atoms with Gasteiger partial charge in [0.15, 0.2) is 12.4 Å². The largest absolute Gasteiger partial charge is 0.493 e. The fraction of sp³-hybridized carbons (Fsp3) is 0.368. The van der Waals surface area contributed by atoms with Gasteiger partial charge < -0.3 is 20.1 Å². The van der Waals surface area contributed by atoms with Crippen molar-refractivity contribution < 1.29 is 23.9 Å². The number of benzene rings is 1. The molecule has 1 aliphatic rings. The van der Waals surface area contributed by atoms with E-state index >= 15 is 0 Å². The number of hydrogen-bond acceptors (Lipinski definition) is 6. The highest BCUT2D eigenvalue weighted by atomic mass is 16.5. The van der Waals surface area contributed by atoms with E-state index in [1.54, 1.807) is 6.20 Å². The van der Waals surface area contributed by atoms with Crippen LogP contribution < -0.4 is 10.5 Å². The van der Waals surface area contributed by atoms with Gasteiger partial charge in [-0.1, -0.05) is 18.2 Å². The molecule has 0 radical (unpaired) electrons. The second-order valence-corrected chi connectivity index (χ2v) is 6.48. The molecule has 0 saturated carbocycles. The zero-order chi connectivity index (χ0) is 20.1. The van der Waals surface area contributed by atoms with E-state index in [0.29, 0.717) is 19.4 Å². The average molecular weight is 386 g/mol. The van der Waals surface area contributed by atoms with Gasteiger partial charge in [-0.05, 0) is 25.0 Å². The molecule has 1 aromatic heterocycles. The highest BCUT2D eigenvalue weighted by Gasteiger charge is 2.28. The summed E-state index contributed by atoms with van der Waals surface area (Å²) in [4.78, 5) is 37.6. The van der Waals surface area contributed by atoms with E-state index in [-0.39, 0.29) is 29.8 Å². The van der Waals surface area contributed by atoms with Crippen molar-refractivity contribution in [2.75, 3.05) is 26.8 Å². The average Bonchev–Trinajstić information content (AvgIpc) is 3.17. The van der Waals surface area contributed by atoms with Gasteiger partial charge >= 0.3 is 5.97 Å². The first-order valence-electron chi connectivity index (χ1n) is 8.93.